The summed E-state index contributed by atoms with van der Waals surface area (Å²) in [6.45, 7) is 2.81. The molecule has 23 heteroatoms. The molecular weight excluding hydrogens is 957 g/mol. The zero-order valence-corrected chi connectivity index (χ0v) is 41.0. The molecule has 9 atom stereocenters. The summed E-state index contributed by atoms with van der Waals surface area (Å²) in [5, 5.41) is 66.4. The molecule has 1 heterocycles. The highest BCUT2D eigenvalue weighted by atomic mass is 16.7. The molecule has 0 aromatic heterocycles. The quantitative estimate of drug-likeness (QED) is 0.0413. The van der Waals surface area contributed by atoms with Crippen LogP contribution in [0, 0.1) is 0 Å². The fourth-order valence-corrected chi connectivity index (χ4v) is 9.04. The molecule has 11 N–H and O–H groups in total. The molecule has 6 rings (SSSR count). The van der Waals surface area contributed by atoms with E-state index in [9.17, 15) is 63.9 Å². The first kappa shape index (κ1) is 55.3. The van der Waals surface area contributed by atoms with Gasteiger partial charge in [0.15, 0.2) is 17.9 Å². The van der Waals surface area contributed by atoms with Crippen LogP contribution in [0.3, 0.4) is 0 Å². The van der Waals surface area contributed by atoms with Crippen LogP contribution in [0.4, 0.5) is 4.79 Å². The summed E-state index contributed by atoms with van der Waals surface area (Å²) in [4.78, 5) is 108. The number of phenolic OH excluding ortho intramolecular Hbond substituents is 2. The van der Waals surface area contributed by atoms with E-state index in [0.717, 1.165) is 10.5 Å². The molecule has 5 amide bonds. The van der Waals surface area contributed by atoms with Crippen LogP contribution in [0.25, 0.3) is 0 Å². The third-order valence-electron chi connectivity index (χ3n) is 13.4. The summed E-state index contributed by atoms with van der Waals surface area (Å²) in [5.41, 5.74) is 1.87. The lowest BCUT2D eigenvalue weighted by atomic mass is 9.72. The van der Waals surface area contributed by atoms with Crippen LogP contribution in [0.2, 0.25) is 0 Å². The zero-order chi connectivity index (χ0) is 53.5. The van der Waals surface area contributed by atoms with E-state index in [2.05, 4.69) is 21.3 Å². The third-order valence-corrected chi connectivity index (χ3v) is 13.4. The predicted molar refractivity (Wildman–Crippen MR) is 255 cm³/mol. The number of ketones is 3. The number of amides is 5. The number of ether oxygens (including phenoxy) is 4. The molecule has 2 aliphatic carbocycles. The van der Waals surface area contributed by atoms with E-state index in [1.54, 1.807) is 24.3 Å². The molecule has 3 aromatic rings. The van der Waals surface area contributed by atoms with Gasteiger partial charge in [-0.05, 0) is 58.2 Å². The number of carbonyl (C=O) groups is 8. The monoisotopic (exact) mass is 1020 g/mol. The molecule has 73 heavy (non-hydrogen) atoms. The van der Waals surface area contributed by atoms with Gasteiger partial charge in [-0.2, -0.15) is 0 Å². The van der Waals surface area contributed by atoms with E-state index in [0.29, 0.717) is 19.4 Å². The Morgan fingerprint density at radius 1 is 0.918 bits per heavy atom. The Morgan fingerprint density at radius 2 is 1.62 bits per heavy atom. The number of unbranched alkanes of at least 4 members (excludes halogenated alkanes) is 1. The number of methoxy groups -OCH3 is 1. The average molecular weight is 1020 g/mol. The molecule has 0 unspecified atom stereocenters. The molecule has 1 saturated heterocycles. The number of hydrogen-bond acceptors (Lipinski definition) is 18. The number of hydrogen-bond donors (Lipinski definition) is 10. The molecule has 0 bridgehead atoms. The van der Waals surface area contributed by atoms with Crippen LogP contribution in [0.15, 0.2) is 48.5 Å². The SMILES string of the molecule is COc1cccc2c1C(=O)c1c(O)c3c(c(O)c1C2=O)C[C@](O)(C(=O)CO)C[C@H]3O[C@@H]1C[C@@H](NC(=O)[C@H](C)N(C)C(=O)CNC(=O)[C@H](C)NC(=O)[C@H](CCCCN)NC(=O)OCc2ccccc2)[C@@H](O)[C@@H](C)O1. The van der Waals surface area contributed by atoms with E-state index in [1.165, 1.54) is 53.1 Å². The van der Waals surface area contributed by atoms with Gasteiger partial charge in [-0.3, -0.25) is 33.6 Å². The molecule has 0 radical (unpaired) electrons. The summed E-state index contributed by atoms with van der Waals surface area (Å²) in [6.07, 6.45) is -6.63. The van der Waals surface area contributed by atoms with Gasteiger partial charge in [0.2, 0.25) is 29.4 Å². The number of benzene rings is 3. The molecular formula is C50H62N6O17. The lowest BCUT2D eigenvalue weighted by molar-refractivity contribution is -0.249. The molecule has 0 spiro atoms. The Balaban J connectivity index is 1.09. The molecule has 3 aliphatic rings. The van der Waals surface area contributed by atoms with Crippen molar-refractivity contribution in [3.63, 3.8) is 0 Å². The average Bonchev–Trinajstić information content (AvgIpc) is 3.37. The second-order valence-electron chi connectivity index (χ2n) is 18.3. The highest BCUT2D eigenvalue weighted by Crippen LogP contribution is 2.52. The van der Waals surface area contributed by atoms with Gasteiger partial charge in [-0.25, -0.2) is 4.79 Å². The second-order valence-corrected chi connectivity index (χ2v) is 18.3. The highest BCUT2D eigenvalue weighted by molar-refractivity contribution is 6.31. The van der Waals surface area contributed by atoms with Crippen LogP contribution >= 0.6 is 0 Å². The van der Waals surface area contributed by atoms with Crippen molar-refractivity contribution in [1.82, 2.24) is 26.2 Å². The van der Waals surface area contributed by atoms with Crippen molar-refractivity contribution >= 4 is 47.1 Å². The third kappa shape index (κ3) is 12.1. The maximum atomic E-state index is 14.0. The van der Waals surface area contributed by atoms with Gasteiger partial charge in [0.25, 0.3) is 0 Å². The normalized spacial score (nSPS) is 22.2. The number of likely N-dealkylation sites (N-methyl/N-ethyl adjacent to an activating group) is 1. The number of aliphatic hydroxyl groups is 3. The number of nitrogens with one attached hydrogen (secondary N) is 4. The van der Waals surface area contributed by atoms with Crippen molar-refractivity contribution in [3.05, 3.63) is 87.5 Å². The van der Waals surface area contributed by atoms with Gasteiger partial charge < -0.3 is 76.4 Å². The minimum Gasteiger partial charge on any atom is -0.507 e. The molecule has 1 fully saturated rings. The molecule has 0 saturated carbocycles. The number of alkyl carbamates (subject to hydrolysis) is 1. The van der Waals surface area contributed by atoms with Crippen molar-refractivity contribution in [3.8, 4) is 17.2 Å². The number of fused-ring (bicyclic) bond motifs is 3. The number of nitrogens with zero attached hydrogens (tertiary/aromatic N) is 1. The summed E-state index contributed by atoms with van der Waals surface area (Å²) in [6, 6.07) is 8.56. The van der Waals surface area contributed by atoms with Gasteiger partial charge in [-0.1, -0.05) is 42.5 Å². The summed E-state index contributed by atoms with van der Waals surface area (Å²) < 4.78 is 22.8. The maximum Gasteiger partial charge on any atom is 0.408 e. The minimum absolute atomic E-state index is 0.0181. The van der Waals surface area contributed by atoms with E-state index in [1.807, 2.05) is 6.07 Å². The molecule has 1 aliphatic heterocycles. The Morgan fingerprint density at radius 3 is 2.29 bits per heavy atom. The van der Waals surface area contributed by atoms with E-state index in [4.69, 9.17) is 24.7 Å². The Bertz CT molecular complexity index is 2610. The number of Topliss-reactive ketones (excluding diaryl/α,β-unsaturated/α-hetero) is 1. The highest BCUT2D eigenvalue weighted by Gasteiger charge is 2.50. The Labute approximate surface area is 419 Å². The van der Waals surface area contributed by atoms with Crippen LogP contribution < -0.4 is 31.7 Å². The van der Waals surface area contributed by atoms with E-state index >= 15 is 0 Å². The fourth-order valence-electron chi connectivity index (χ4n) is 9.04. The summed E-state index contributed by atoms with van der Waals surface area (Å²) in [5.74, 6) is -7.30. The van der Waals surface area contributed by atoms with Crippen LogP contribution in [-0.2, 0) is 51.2 Å². The number of phenols is 2. The number of nitrogens with two attached hydrogens (primary N) is 1. The number of aromatic hydroxyl groups is 2. The van der Waals surface area contributed by atoms with Crippen molar-refractivity contribution in [1.29, 1.82) is 0 Å². The van der Waals surface area contributed by atoms with Gasteiger partial charge in [0.1, 0.15) is 60.3 Å². The smallest absolute Gasteiger partial charge is 0.408 e. The van der Waals surface area contributed by atoms with Crippen molar-refractivity contribution in [2.75, 3.05) is 33.9 Å². The standard InChI is InChI=1S/C50H62N6O17/c1-24(53-48(67)30(15-9-10-17-51)55-49(68)71-23-27-12-7-6-8-13-27)46(65)52-21-35(59)56(4)25(2)47(66)54-31-18-36(72-26(3)41(31)60)73-33-20-50(69,34(58)22-57)19-29-38(33)45(64)40-39(43(29)62)42(61)28-14-11-16-32(70-5)37(28)44(40)63/h6-8,11-14,16,24-26,30-31,33,36,41,57,60,62,64,69H,9-10,15,17-23,51H2,1-5H3,(H,52,65)(H,53,67)(H,54,66)(H,55,68)/t24-,25-,26+,30-,31+,33+,36+,41-,50+/m0/s1. The lowest BCUT2D eigenvalue weighted by Crippen LogP contribution is -2.59. The van der Waals surface area contributed by atoms with Gasteiger partial charge >= 0.3 is 6.09 Å². The lowest BCUT2D eigenvalue weighted by Gasteiger charge is -2.43. The van der Waals surface area contributed by atoms with Gasteiger partial charge in [0, 0.05) is 43.0 Å². The number of aliphatic hydroxyl groups excluding tert-OH is 2. The molecule has 3 aromatic carbocycles. The fraction of sp³-hybridized carbons (Fsp3) is 0.480. The Kier molecular flexibility index (Phi) is 17.9. The topological polar surface area (TPSA) is 352 Å². The second kappa shape index (κ2) is 23.7. The number of carbonyl (C=O) groups excluding carboxylic acids is 8. The van der Waals surface area contributed by atoms with Crippen LogP contribution in [0.1, 0.15) is 108 Å². The molecule has 394 valence electrons. The first-order valence-corrected chi connectivity index (χ1v) is 23.7. The first-order valence-electron chi connectivity index (χ1n) is 23.7. The van der Waals surface area contributed by atoms with Crippen molar-refractivity contribution in [2.24, 2.45) is 5.73 Å². The van der Waals surface area contributed by atoms with E-state index in [-0.39, 0.29) is 47.5 Å². The molecule has 23 nitrogen and oxygen atoms in total. The van der Waals surface area contributed by atoms with Crippen LogP contribution in [-0.4, -0.2) is 160 Å². The Hall–Kier alpha value is -7.02. The van der Waals surface area contributed by atoms with Crippen molar-refractivity contribution in [2.45, 2.75) is 120 Å². The maximum absolute atomic E-state index is 14.0. The minimum atomic E-state index is -2.43. The number of rotatable bonds is 20. The largest absolute Gasteiger partial charge is 0.507 e. The van der Waals surface area contributed by atoms with Gasteiger partial charge in [0.05, 0.1) is 48.6 Å². The summed E-state index contributed by atoms with van der Waals surface area (Å²) >= 11 is 0. The first-order chi connectivity index (χ1) is 34.7. The summed E-state index contributed by atoms with van der Waals surface area (Å²) in [7, 11) is 2.58. The van der Waals surface area contributed by atoms with Gasteiger partial charge in [-0.15, -0.1) is 0 Å². The van der Waals surface area contributed by atoms with Crippen LogP contribution in [0.5, 0.6) is 17.2 Å². The van der Waals surface area contributed by atoms with E-state index < -0.39 is 150 Å². The zero-order valence-electron chi connectivity index (χ0n) is 41.0. The predicted octanol–water partition coefficient (Wildman–Crippen LogP) is 0.0506. The van der Waals surface area contributed by atoms with Crippen molar-refractivity contribution < 1.29 is 82.8 Å².